The van der Waals surface area contributed by atoms with Crippen molar-refractivity contribution in [2.75, 3.05) is 26.2 Å². The molecule has 1 fully saturated rings. The Labute approximate surface area is 112 Å². The zero-order valence-corrected chi connectivity index (χ0v) is 10.8. The van der Waals surface area contributed by atoms with E-state index in [1.807, 2.05) is 0 Å². The van der Waals surface area contributed by atoms with Gasteiger partial charge in [-0.1, -0.05) is 0 Å². The highest BCUT2D eigenvalue weighted by Gasteiger charge is 2.20. The number of halogens is 1. The molecule has 0 aromatic carbocycles. The van der Waals surface area contributed by atoms with E-state index in [9.17, 15) is 9.18 Å². The normalized spacial score (nSPS) is 17.4. The summed E-state index contributed by atoms with van der Waals surface area (Å²) in [5.74, 6) is -0.755. The number of amides is 1. The fraction of sp³-hybridized carbons (Fsp3) is 0.538. The Morgan fingerprint density at radius 3 is 2.84 bits per heavy atom. The van der Waals surface area contributed by atoms with Crippen LogP contribution in [0.2, 0.25) is 0 Å². The number of likely N-dealkylation sites (tertiary alicyclic amines) is 1. The molecule has 1 aliphatic heterocycles. The minimum Gasteiger partial charge on any atom is -0.349 e. The summed E-state index contributed by atoms with van der Waals surface area (Å²) < 4.78 is 13.0. The molecular formula is C13H19FN4O. The number of aromatic nitrogens is 1. The molecule has 1 aliphatic rings. The summed E-state index contributed by atoms with van der Waals surface area (Å²) in [5.41, 5.74) is 5.78. The SMILES string of the molecule is NCCN1CCC(NC(=O)c2cncc(F)c2)CC1. The number of piperidine rings is 1. The molecular weight excluding hydrogens is 247 g/mol. The van der Waals surface area contributed by atoms with Crippen molar-refractivity contribution in [2.45, 2.75) is 18.9 Å². The van der Waals surface area contributed by atoms with Crippen molar-refractivity contribution in [3.63, 3.8) is 0 Å². The number of nitrogens with two attached hydrogens (primary N) is 1. The lowest BCUT2D eigenvalue weighted by atomic mass is 10.0. The summed E-state index contributed by atoms with van der Waals surface area (Å²) >= 11 is 0. The summed E-state index contributed by atoms with van der Waals surface area (Å²) in [7, 11) is 0. The van der Waals surface area contributed by atoms with Crippen molar-refractivity contribution in [3.05, 3.63) is 29.8 Å². The Bertz CT molecular complexity index is 432. The van der Waals surface area contributed by atoms with E-state index in [2.05, 4.69) is 15.2 Å². The van der Waals surface area contributed by atoms with Crippen LogP contribution in [0, 0.1) is 5.82 Å². The molecule has 19 heavy (non-hydrogen) atoms. The Morgan fingerprint density at radius 1 is 1.47 bits per heavy atom. The van der Waals surface area contributed by atoms with E-state index in [4.69, 9.17) is 5.73 Å². The second-order valence-corrected chi connectivity index (χ2v) is 4.77. The van der Waals surface area contributed by atoms with Gasteiger partial charge in [0.2, 0.25) is 0 Å². The Kier molecular flexibility index (Phi) is 4.81. The molecule has 2 heterocycles. The lowest BCUT2D eigenvalue weighted by Crippen LogP contribution is -2.45. The first-order valence-corrected chi connectivity index (χ1v) is 6.53. The number of carbonyl (C=O) groups is 1. The first-order valence-electron chi connectivity index (χ1n) is 6.53. The van der Waals surface area contributed by atoms with Gasteiger partial charge in [-0.05, 0) is 18.9 Å². The Morgan fingerprint density at radius 2 is 2.21 bits per heavy atom. The van der Waals surface area contributed by atoms with Gasteiger partial charge in [0.25, 0.3) is 5.91 Å². The van der Waals surface area contributed by atoms with Crippen LogP contribution in [0.25, 0.3) is 0 Å². The Balaban J connectivity index is 1.84. The zero-order valence-electron chi connectivity index (χ0n) is 10.8. The van der Waals surface area contributed by atoms with Crippen LogP contribution >= 0.6 is 0 Å². The summed E-state index contributed by atoms with van der Waals surface area (Å²) in [4.78, 5) is 17.9. The van der Waals surface area contributed by atoms with Crippen LogP contribution in [0.3, 0.4) is 0 Å². The lowest BCUT2D eigenvalue weighted by molar-refractivity contribution is 0.0911. The Hall–Kier alpha value is -1.53. The molecule has 0 aliphatic carbocycles. The van der Waals surface area contributed by atoms with E-state index in [-0.39, 0.29) is 17.5 Å². The smallest absolute Gasteiger partial charge is 0.253 e. The van der Waals surface area contributed by atoms with Gasteiger partial charge >= 0.3 is 0 Å². The molecule has 1 aromatic heterocycles. The van der Waals surface area contributed by atoms with Crippen molar-refractivity contribution in [3.8, 4) is 0 Å². The molecule has 0 atom stereocenters. The van der Waals surface area contributed by atoms with Crippen LogP contribution in [0.4, 0.5) is 4.39 Å². The van der Waals surface area contributed by atoms with Crippen molar-refractivity contribution in [1.29, 1.82) is 0 Å². The molecule has 3 N–H and O–H groups in total. The average molecular weight is 266 g/mol. The third-order valence-electron chi connectivity index (χ3n) is 3.34. The molecule has 0 bridgehead atoms. The first kappa shape index (κ1) is 13.9. The molecule has 0 unspecified atom stereocenters. The van der Waals surface area contributed by atoms with Gasteiger partial charge in [0, 0.05) is 38.4 Å². The third kappa shape index (κ3) is 3.97. The molecule has 1 amide bonds. The molecule has 1 aromatic rings. The van der Waals surface area contributed by atoms with Crippen molar-refractivity contribution in [1.82, 2.24) is 15.2 Å². The second-order valence-electron chi connectivity index (χ2n) is 4.77. The topological polar surface area (TPSA) is 71.2 Å². The van der Waals surface area contributed by atoms with Gasteiger partial charge in [0.05, 0.1) is 11.8 Å². The number of pyridine rings is 1. The lowest BCUT2D eigenvalue weighted by Gasteiger charge is -2.31. The summed E-state index contributed by atoms with van der Waals surface area (Å²) in [6.07, 6.45) is 4.26. The number of rotatable bonds is 4. The standard InChI is InChI=1S/C13H19FN4O/c14-11-7-10(8-16-9-11)13(19)17-12-1-4-18(5-2-12)6-3-15/h7-9,12H,1-6,15H2,(H,17,19). The monoisotopic (exact) mass is 266 g/mol. The maximum Gasteiger partial charge on any atom is 0.253 e. The average Bonchev–Trinajstić information content (AvgIpc) is 2.41. The second kappa shape index (κ2) is 6.58. The van der Waals surface area contributed by atoms with Gasteiger partial charge in [-0.2, -0.15) is 0 Å². The maximum absolute atomic E-state index is 13.0. The highest BCUT2D eigenvalue weighted by molar-refractivity contribution is 5.94. The number of nitrogens with zero attached hydrogens (tertiary/aromatic N) is 2. The summed E-state index contributed by atoms with van der Waals surface area (Å²) in [6, 6.07) is 1.34. The largest absolute Gasteiger partial charge is 0.349 e. The van der Waals surface area contributed by atoms with Crippen LogP contribution in [-0.4, -0.2) is 48.0 Å². The highest BCUT2D eigenvalue weighted by Crippen LogP contribution is 2.11. The maximum atomic E-state index is 13.0. The van der Waals surface area contributed by atoms with Gasteiger partial charge in [-0.15, -0.1) is 0 Å². The fourth-order valence-corrected chi connectivity index (χ4v) is 2.29. The van der Waals surface area contributed by atoms with Gasteiger partial charge < -0.3 is 16.0 Å². The molecule has 0 spiro atoms. The van der Waals surface area contributed by atoms with Crippen LogP contribution in [0.1, 0.15) is 23.2 Å². The van der Waals surface area contributed by atoms with Crippen LogP contribution in [-0.2, 0) is 0 Å². The van der Waals surface area contributed by atoms with E-state index in [0.717, 1.165) is 38.7 Å². The molecule has 6 heteroatoms. The predicted octanol–water partition coefficient (Wildman–Crippen LogP) is 0.374. The van der Waals surface area contributed by atoms with Gasteiger partial charge in [0.15, 0.2) is 0 Å². The van der Waals surface area contributed by atoms with Crippen LogP contribution in [0.5, 0.6) is 0 Å². The molecule has 2 rings (SSSR count). The van der Waals surface area contributed by atoms with E-state index in [0.29, 0.717) is 6.54 Å². The van der Waals surface area contributed by atoms with E-state index in [1.54, 1.807) is 0 Å². The van der Waals surface area contributed by atoms with Crippen LogP contribution in [0.15, 0.2) is 18.5 Å². The minimum absolute atomic E-state index is 0.143. The van der Waals surface area contributed by atoms with Crippen molar-refractivity contribution >= 4 is 5.91 Å². The van der Waals surface area contributed by atoms with E-state index < -0.39 is 5.82 Å². The molecule has 5 nitrogen and oxygen atoms in total. The van der Waals surface area contributed by atoms with E-state index >= 15 is 0 Å². The van der Waals surface area contributed by atoms with Gasteiger partial charge in [-0.25, -0.2) is 4.39 Å². The predicted molar refractivity (Wildman–Crippen MR) is 70.2 cm³/mol. The summed E-state index contributed by atoms with van der Waals surface area (Å²) in [5, 5.41) is 2.92. The van der Waals surface area contributed by atoms with Crippen LogP contribution < -0.4 is 11.1 Å². The number of hydrogen-bond acceptors (Lipinski definition) is 4. The minimum atomic E-state index is -0.495. The fourth-order valence-electron chi connectivity index (χ4n) is 2.29. The van der Waals surface area contributed by atoms with Crippen molar-refractivity contribution < 1.29 is 9.18 Å². The molecule has 0 saturated carbocycles. The third-order valence-corrected chi connectivity index (χ3v) is 3.34. The highest BCUT2D eigenvalue weighted by atomic mass is 19.1. The van der Waals surface area contributed by atoms with Gasteiger partial charge in [-0.3, -0.25) is 9.78 Å². The molecule has 1 saturated heterocycles. The quantitative estimate of drug-likeness (QED) is 0.826. The number of hydrogen-bond donors (Lipinski definition) is 2. The summed E-state index contributed by atoms with van der Waals surface area (Å²) in [6.45, 7) is 3.42. The van der Waals surface area contributed by atoms with E-state index in [1.165, 1.54) is 12.3 Å². The van der Waals surface area contributed by atoms with Gasteiger partial charge in [0.1, 0.15) is 5.82 Å². The number of carbonyl (C=O) groups excluding carboxylic acids is 1. The molecule has 0 radical (unpaired) electrons. The molecule has 104 valence electrons. The number of nitrogens with one attached hydrogen (secondary N) is 1. The first-order chi connectivity index (χ1) is 9.19. The van der Waals surface area contributed by atoms with Crippen molar-refractivity contribution in [2.24, 2.45) is 5.73 Å². The zero-order chi connectivity index (χ0) is 13.7.